The van der Waals surface area contributed by atoms with E-state index in [0.717, 1.165) is 11.3 Å². The number of ether oxygens (including phenoxy) is 1. The smallest absolute Gasteiger partial charge is 0.260 e. The third-order valence-corrected chi connectivity index (χ3v) is 5.33. The fourth-order valence-electron chi connectivity index (χ4n) is 3.64. The van der Waals surface area contributed by atoms with Crippen LogP contribution in [0.25, 0.3) is 0 Å². The highest BCUT2D eigenvalue weighted by Gasteiger charge is 2.27. The van der Waals surface area contributed by atoms with E-state index in [-0.39, 0.29) is 24.3 Å². The molecular formula is C23H25N5O3. The van der Waals surface area contributed by atoms with Gasteiger partial charge in [-0.05, 0) is 42.7 Å². The van der Waals surface area contributed by atoms with Gasteiger partial charge in [-0.25, -0.2) is 9.67 Å². The number of anilines is 1. The average molecular weight is 419 g/mol. The minimum Gasteiger partial charge on any atom is -0.484 e. The van der Waals surface area contributed by atoms with Crippen molar-refractivity contribution in [1.29, 1.82) is 0 Å². The van der Waals surface area contributed by atoms with Gasteiger partial charge in [0.15, 0.2) is 6.61 Å². The summed E-state index contributed by atoms with van der Waals surface area (Å²) in [6.45, 7) is 1.72. The summed E-state index contributed by atoms with van der Waals surface area (Å²) in [5.74, 6) is 0.503. The van der Waals surface area contributed by atoms with E-state index in [4.69, 9.17) is 4.74 Å². The van der Waals surface area contributed by atoms with E-state index in [9.17, 15) is 9.59 Å². The normalized spacial score (nSPS) is 14.3. The minimum atomic E-state index is -0.113. The van der Waals surface area contributed by atoms with Crippen molar-refractivity contribution < 1.29 is 14.3 Å². The van der Waals surface area contributed by atoms with Crippen LogP contribution in [0.1, 0.15) is 18.4 Å². The number of aromatic nitrogens is 3. The van der Waals surface area contributed by atoms with Crippen LogP contribution in [-0.2, 0) is 16.1 Å². The number of hydrogen-bond donors (Lipinski definition) is 1. The standard InChI is InChI=1S/C23H25N5O3/c29-22(15-31-21-7-2-1-3-8-21)27-11-9-19(10-12-27)23(30)26-20-6-4-5-18(13-20)14-28-17-24-16-25-28/h1-8,13,16-17,19H,9-12,14-15H2,(H,26,30). The Labute approximate surface area is 180 Å². The molecule has 3 aromatic rings. The molecule has 31 heavy (non-hydrogen) atoms. The van der Waals surface area contributed by atoms with E-state index < -0.39 is 0 Å². The third-order valence-electron chi connectivity index (χ3n) is 5.33. The molecular weight excluding hydrogens is 394 g/mol. The molecule has 1 saturated heterocycles. The molecule has 2 aromatic carbocycles. The maximum Gasteiger partial charge on any atom is 0.260 e. The molecule has 8 heteroatoms. The molecule has 0 atom stereocenters. The van der Waals surface area contributed by atoms with Gasteiger partial charge in [-0.3, -0.25) is 9.59 Å². The van der Waals surface area contributed by atoms with Crippen molar-refractivity contribution in [3.63, 3.8) is 0 Å². The maximum absolute atomic E-state index is 12.7. The Bertz CT molecular complexity index is 999. The summed E-state index contributed by atoms with van der Waals surface area (Å²) in [4.78, 5) is 30.8. The third kappa shape index (κ3) is 5.69. The van der Waals surface area contributed by atoms with Gasteiger partial charge < -0.3 is 15.0 Å². The fourth-order valence-corrected chi connectivity index (χ4v) is 3.64. The van der Waals surface area contributed by atoms with Gasteiger partial charge in [0.05, 0.1) is 6.54 Å². The lowest BCUT2D eigenvalue weighted by Crippen LogP contribution is -2.43. The molecule has 2 amide bonds. The van der Waals surface area contributed by atoms with Crippen LogP contribution in [0.15, 0.2) is 67.3 Å². The zero-order valence-electron chi connectivity index (χ0n) is 17.2. The molecule has 0 unspecified atom stereocenters. The molecule has 8 nitrogen and oxygen atoms in total. The van der Waals surface area contributed by atoms with Gasteiger partial charge in [0.2, 0.25) is 5.91 Å². The molecule has 0 spiro atoms. The number of nitrogens with zero attached hydrogens (tertiary/aromatic N) is 4. The Kier molecular flexibility index (Phi) is 6.56. The number of hydrogen-bond acceptors (Lipinski definition) is 5. The van der Waals surface area contributed by atoms with Crippen LogP contribution in [0.5, 0.6) is 5.75 Å². The van der Waals surface area contributed by atoms with Gasteiger partial charge in [-0.15, -0.1) is 0 Å². The number of likely N-dealkylation sites (tertiary alicyclic amines) is 1. The number of carbonyl (C=O) groups is 2. The molecule has 0 bridgehead atoms. The van der Waals surface area contributed by atoms with E-state index >= 15 is 0 Å². The summed E-state index contributed by atoms with van der Waals surface area (Å²) < 4.78 is 7.27. The largest absolute Gasteiger partial charge is 0.484 e. The molecule has 1 N–H and O–H groups in total. The van der Waals surface area contributed by atoms with Crippen molar-refractivity contribution in [3.8, 4) is 5.75 Å². The van der Waals surface area contributed by atoms with Gasteiger partial charge in [0.1, 0.15) is 18.4 Å². The number of benzene rings is 2. The minimum absolute atomic E-state index is 0.00876. The lowest BCUT2D eigenvalue weighted by molar-refractivity contribution is -0.136. The van der Waals surface area contributed by atoms with Crippen molar-refractivity contribution in [2.45, 2.75) is 19.4 Å². The van der Waals surface area contributed by atoms with E-state index in [0.29, 0.717) is 38.2 Å². The molecule has 0 aliphatic carbocycles. The van der Waals surface area contributed by atoms with Crippen LogP contribution >= 0.6 is 0 Å². The van der Waals surface area contributed by atoms with Crippen molar-refractivity contribution >= 4 is 17.5 Å². The van der Waals surface area contributed by atoms with Gasteiger partial charge in [0, 0.05) is 24.7 Å². The number of carbonyl (C=O) groups excluding carboxylic acids is 2. The number of rotatable bonds is 7. The Hall–Kier alpha value is -3.68. The summed E-state index contributed by atoms with van der Waals surface area (Å²) in [5, 5.41) is 7.11. The monoisotopic (exact) mass is 419 g/mol. The molecule has 1 aliphatic heterocycles. The highest BCUT2D eigenvalue weighted by Crippen LogP contribution is 2.21. The quantitative estimate of drug-likeness (QED) is 0.636. The van der Waals surface area contributed by atoms with Crippen LogP contribution in [0, 0.1) is 5.92 Å². The second kappa shape index (κ2) is 9.88. The first-order valence-electron chi connectivity index (χ1n) is 10.4. The lowest BCUT2D eigenvalue weighted by Gasteiger charge is -2.31. The van der Waals surface area contributed by atoms with E-state index in [1.165, 1.54) is 6.33 Å². The summed E-state index contributed by atoms with van der Waals surface area (Å²) in [5.41, 5.74) is 1.79. The number of para-hydroxylation sites is 1. The second-order valence-electron chi connectivity index (χ2n) is 7.54. The second-order valence-corrected chi connectivity index (χ2v) is 7.54. The maximum atomic E-state index is 12.7. The Morgan fingerprint density at radius 1 is 1.06 bits per heavy atom. The molecule has 0 saturated carbocycles. The molecule has 1 aliphatic rings. The summed E-state index contributed by atoms with van der Waals surface area (Å²) in [6.07, 6.45) is 4.44. The van der Waals surface area contributed by atoms with Crippen molar-refractivity contribution in [3.05, 3.63) is 72.8 Å². The topological polar surface area (TPSA) is 89.4 Å². The van der Waals surface area contributed by atoms with Crippen molar-refractivity contribution in [2.75, 3.05) is 25.0 Å². The van der Waals surface area contributed by atoms with Gasteiger partial charge in [0.25, 0.3) is 5.91 Å². The molecule has 160 valence electrons. The van der Waals surface area contributed by atoms with Gasteiger partial charge in [-0.2, -0.15) is 5.10 Å². The Morgan fingerprint density at radius 3 is 2.61 bits per heavy atom. The predicted molar refractivity (Wildman–Crippen MR) is 115 cm³/mol. The molecule has 4 rings (SSSR count). The molecule has 1 fully saturated rings. The van der Waals surface area contributed by atoms with Crippen LogP contribution in [0.3, 0.4) is 0 Å². The molecule has 1 aromatic heterocycles. The number of nitrogens with one attached hydrogen (secondary N) is 1. The van der Waals surface area contributed by atoms with E-state index in [1.54, 1.807) is 15.9 Å². The van der Waals surface area contributed by atoms with Crippen molar-refractivity contribution in [2.24, 2.45) is 5.92 Å². The highest BCUT2D eigenvalue weighted by molar-refractivity contribution is 5.92. The average Bonchev–Trinajstić information content (AvgIpc) is 3.31. The highest BCUT2D eigenvalue weighted by atomic mass is 16.5. The molecule has 0 radical (unpaired) electrons. The zero-order chi connectivity index (χ0) is 21.5. The van der Waals surface area contributed by atoms with Crippen LogP contribution in [0.4, 0.5) is 5.69 Å². The van der Waals surface area contributed by atoms with Crippen molar-refractivity contribution in [1.82, 2.24) is 19.7 Å². The Morgan fingerprint density at radius 2 is 1.87 bits per heavy atom. The first-order chi connectivity index (χ1) is 15.2. The SMILES string of the molecule is O=C(Nc1cccc(Cn2cncn2)c1)C1CCN(C(=O)COc2ccccc2)CC1. The zero-order valence-corrected chi connectivity index (χ0v) is 17.2. The fraction of sp³-hybridized carbons (Fsp3) is 0.304. The predicted octanol–water partition coefficient (Wildman–Crippen LogP) is 2.58. The Balaban J connectivity index is 1.24. The van der Waals surface area contributed by atoms with E-state index in [1.807, 2.05) is 54.6 Å². The first-order valence-corrected chi connectivity index (χ1v) is 10.4. The van der Waals surface area contributed by atoms with Crippen LogP contribution in [-0.4, -0.2) is 51.2 Å². The van der Waals surface area contributed by atoms with Gasteiger partial charge in [-0.1, -0.05) is 30.3 Å². The number of piperidine rings is 1. The van der Waals surface area contributed by atoms with Crippen LogP contribution in [0.2, 0.25) is 0 Å². The summed E-state index contributed by atoms with van der Waals surface area (Å²) in [6, 6.07) is 17.0. The first kappa shape index (κ1) is 20.6. The molecule has 2 heterocycles. The number of amides is 2. The van der Waals surface area contributed by atoms with Crippen LogP contribution < -0.4 is 10.1 Å². The summed E-state index contributed by atoms with van der Waals surface area (Å²) in [7, 11) is 0. The lowest BCUT2D eigenvalue weighted by atomic mass is 9.95. The van der Waals surface area contributed by atoms with E-state index in [2.05, 4.69) is 15.4 Å². The van der Waals surface area contributed by atoms with Gasteiger partial charge >= 0.3 is 0 Å². The summed E-state index contributed by atoms with van der Waals surface area (Å²) >= 11 is 0.